The van der Waals surface area contributed by atoms with Crippen LogP contribution < -0.4 is 5.32 Å². The summed E-state index contributed by atoms with van der Waals surface area (Å²) in [7, 11) is 0. The quantitative estimate of drug-likeness (QED) is 0.753. The van der Waals surface area contributed by atoms with Gasteiger partial charge in [-0.15, -0.1) is 5.10 Å². The molecule has 0 fully saturated rings. The van der Waals surface area contributed by atoms with E-state index in [1.54, 1.807) is 4.68 Å². The Hall–Kier alpha value is -2.95. The van der Waals surface area contributed by atoms with Crippen molar-refractivity contribution in [3.63, 3.8) is 0 Å². The first-order chi connectivity index (χ1) is 10.8. The Kier molecular flexibility index (Phi) is 2.96. The van der Waals surface area contributed by atoms with Gasteiger partial charge >= 0.3 is 0 Å². The highest BCUT2D eigenvalue weighted by Crippen LogP contribution is 2.23. The SMILES string of the molecule is O=C(c1ccc(-c2ccccc2)cc1)c1nnn2c1NCC2. The average molecular weight is 290 g/mol. The van der Waals surface area contributed by atoms with Crippen LogP contribution in [0.15, 0.2) is 54.6 Å². The number of hydrogen-bond acceptors (Lipinski definition) is 4. The zero-order valence-corrected chi connectivity index (χ0v) is 11.9. The number of aromatic nitrogens is 3. The van der Waals surface area contributed by atoms with Crippen LogP contribution >= 0.6 is 0 Å². The number of rotatable bonds is 3. The fraction of sp³-hybridized carbons (Fsp3) is 0.118. The minimum Gasteiger partial charge on any atom is -0.366 e. The lowest BCUT2D eigenvalue weighted by Crippen LogP contribution is -2.06. The zero-order chi connectivity index (χ0) is 14.9. The number of ketones is 1. The van der Waals surface area contributed by atoms with Gasteiger partial charge in [-0.1, -0.05) is 59.8 Å². The number of nitrogens with one attached hydrogen (secondary N) is 1. The second kappa shape index (κ2) is 5.11. The second-order valence-corrected chi connectivity index (χ2v) is 5.21. The van der Waals surface area contributed by atoms with Crippen LogP contribution in [0.1, 0.15) is 16.1 Å². The Morgan fingerprint density at radius 2 is 1.73 bits per heavy atom. The van der Waals surface area contributed by atoms with Crippen LogP contribution in [0.4, 0.5) is 5.82 Å². The minimum atomic E-state index is -0.102. The van der Waals surface area contributed by atoms with Gasteiger partial charge in [-0.3, -0.25) is 4.79 Å². The van der Waals surface area contributed by atoms with Crippen molar-refractivity contribution in [3.8, 4) is 11.1 Å². The maximum Gasteiger partial charge on any atom is 0.217 e. The number of fused-ring (bicyclic) bond motifs is 1. The Bertz CT molecular complexity index is 822. The van der Waals surface area contributed by atoms with Gasteiger partial charge in [0.2, 0.25) is 5.78 Å². The van der Waals surface area contributed by atoms with Gasteiger partial charge in [-0.05, 0) is 11.1 Å². The standard InChI is InChI=1S/C17H14N4O/c22-16(15-17-18-10-11-21(17)20-19-15)14-8-6-13(7-9-14)12-4-2-1-3-5-12/h1-9,18H,10-11H2. The highest BCUT2D eigenvalue weighted by Gasteiger charge is 2.23. The topological polar surface area (TPSA) is 59.8 Å². The molecule has 5 nitrogen and oxygen atoms in total. The van der Waals surface area contributed by atoms with Crippen molar-refractivity contribution in [2.24, 2.45) is 0 Å². The van der Waals surface area contributed by atoms with Crippen molar-refractivity contribution < 1.29 is 4.79 Å². The van der Waals surface area contributed by atoms with Gasteiger partial charge in [-0.2, -0.15) is 0 Å². The van der Waals surface area contributed by atoms with Crippen LogP contribution in [-0.4, -0.2) is 27.3 Å². The molecule has 2 heterocycles. The molecule has 0 unspecified atom stereocenters. The van der Waals surface area contributed by atoms with Gasteiger partial charge in [0.15, 0.2) is 11.5 Å². The lowest BCUT2D eigenvalue weighted by molar-refractivity contribution is 0.103. The monoisotopic (exact) mass is 290 g/mol. The Morgan fingerprint density at radius 3 is 2.50 bits per heavy atom. The van der Waals surface area contributed by atoms with Crippen molar-refractivity contribution in [2.75, 3.05) is 11.9 Å². The molecule has 0 saturated heterocycles. The van der Waals surface area contributed by atoms with Crippen LogP contribution in [0.5, 0.6) is 0 Å². The Morgan fingerprint density at radius 1 is 1.00 bits per heavy atom. The minimum absolute atomic E-state index is 0.102. The van der Waals surface area contributed by atoms with E-state index in [0.717, 1.165) is 30.0 Å². The molecule has 0 spiro atoms. The summed E-state index contributed by atoms with van der Waals surface area (Å²) >= 11 is 0. The number of carbonyl (C=O) groups excluding carboxylic acids is 1. The first-order valence-corrected chi connectivity index (χ1v) is 7.20. The molecule has 0 atom stereocenters. The van der Waals surface area contributed by atoms with Crippen LogP contribution in [-0.2, 0) is 6.54 Å². The Labute approximate surface area is 127 Å². The van der Waals surface area contributed by atoms with Gasteiger partial charge in [0.05, 0.1) is 6.54 Å². The third-order valence-electron chi connectivity index (χ3n) is 3.82. The van der Waals surface area contributed by atoms with Gasteiger partial charge in [0, 0.05) is 12.1 Å². The van der Waals surface area contributed by atoms with E-state index in [0.29, 0.717) is 11.3 Å². The maximum atomic E-state index is 12.6. The summed E-state index contributed by atoms with van der Waals surface area (Å²) in [5.41, 5.74) is 3.23. The predicted molar refractivity (Wildman–Crippen MR) is 83.8 cm³/mol. The van der Waals surface area contributed by atoms with E-state index >= 15 is 0 Å². The summed E-state index contributed by atoms with van der Waals surface area (Å²) < 4.78 is 1.73. The molecule has 1 aliphatic rings. The van der Waals surface area contributed by atoms with E-state index in [2.05, 4.69) is 15.6 Å². The molecule has 2 aromatic carbocycles. The highest BCUT2D eigenvalue weighted by atomic mass is 16.1. The van der Waals surface area contributed by atoms with Crippen LogP contribution in [0.2, 0.25) is 0 Å². The predicted octanol–water partition coefficient (Wildman–Crippen LogP) is 2.60. The molecule has 4 rings (SSSR count). The highest BCUT2D eigenvalue weighted by molar-refractivity contribution is 6.10. The van der Waals surface area contributed by atoms with Crippen molar-refractivity contribution in [1.29, 1.82) is 0 Å². The van der Waals surface area contributed by atoms with Crippen LogP contribution in [0.3, 0.4) is 0 Å². The van der Waals surface area contributed by atoms with E-state index in [1.165, 1.54) is 0 Å². The van der Waals surface area contributed by atoms with Gasteiger partial charge in [0.1, 0.15) is 0 Å². The molecule has 108 valence electrons. The van der Waals surface area contributed by atoms with Crippen molar-refractivity contribution in [2.45, 2.75) is 6.54 Å². The van der Waals surface area contributed by atoms with Crippen molar-refractivity contribution in [1.82, 2.24) is 15.0 Å². The summed E-state index contributed by atoms with van der Waals surface area (Å²) in [6.07, 6.45) is 0. The fourth-order valence-corrected chi connectivity index (χ4v) is 2.66. The maximum absolute atomic E-state index is 12.6. The molecule has 1 N–H and O–H groups in total. The summed E-state index contributed by atoms with van der Waals surface area (Å²) in [4.78, 5) is 12.6. The van der Waals surface area contributed by atoms with Gasteiger partial charge < -0.3 is 5.32 Å². The molecule has 0 aliphatic carbocycles. The summed E-state index contributed by atoms with van der Waals surface area (Å²) in [5, 5.41) is 11.1. The molecule has 1 aliphatic heterocycles. The van der Waals surface area contributed by atoms with E-state index in [1.807, 2.05) is 54.6 Å². The lowest BCUT2D eigenvalue weighted by Gasteiger charge is -2.03. The summed E-state index contributed by atoms with van der Waals surface area (Å²) in [6.45, 7) is 1.54. The fourth-order valence-electron chi connectivity index (χ4n) is 2.66. The molecule has 0 radical (unpaired) electrons. The molecule has 0 bridgehead atoms. The molecular weight excluding hydrogens is 276 g/mol. The third kappa shape index (κ3) is 2.07. The van der Waals surface area contributed by atoms with E-state index < -0.39 is 0 Å². The van der Waals surface area contributed by atoms with E-state index in [4.69, 9.17) is 0 Å². The summed E-state index contributed by atoms with van der Waals surface area (Å²) in [6, 6.07) is 17.7. The smallest absolute Gasteiger partial charge is 0.217 e. The number of nitrogens with zero attached hydrogens (tertiary/aromatic N) is 3. The summed E-state index contributed by atoms with van der Waals surface area (Å²) in [5.74, 6) is 0.618. The van der Waals surface area contributed by atoms with E-state index in [9.17, 15) is 4.79 Å². The van der Waals surface area contributed by atoms with Crippen molar-refractivity contribution in [3.05, 3.63) is 65.9 Å². The molecule has 22 heavy (non-hydrogen) atoms. The normalized spacial score (nSPS) is 12.7. The molecule has 5 heteroatoms. The van der Waals surface area contributed by atoms with Gasteiger partial charge in [-0.25, -0.2) is 4.68 Å². The number of carbonyl (C=O) groups is 1. The number of benzene rings is 2. The first-order valence-electron chi connectivity index (χ1n) is 7.20. The van der Waals surface area contributed by atoms with Crippen molar-refractivity contribution >= 4 is 11.6 Å². The molecule has 3 aromatic rings. The first kappa shape index (κ1) is 12.8. The number of hydrogen-bond donors (Lipinski definition) is 1. The van der Waals surface area contributed by atoms with Crippen LogP contribution in [0, 0.1) is 0 Å². The number of anilines is 1. The molecule has 0 amide bonds. The van der Waals surface area contributed by atoms with E-state index in [-0.39, 0.29) is 5.78 Å². The lowest BCUT2D eigenvalue weighted by atomic mass is 10.0. The van der Waals surface area contributed by atoms with Gasteiger partial charge in [0.25, 0.3) is 0 Å². The molecule has 1 aromatic heterocycles. The molecular formula is C17H14N4O. The van der Waals surface area contributed by atoms with Crippen LogP contribution in [0.25, 0.3) is 11.1 Å². The zero-order valence-electron chi connectivity index (χ0n) is 11.9. The largest absolute Gasteiger partial charge is 0.366 e. The third-order valence-corrected chi connectivity index (χ3v) is 3.82. The second-order valence-electron chi connectivity index (χ2n) is 5.21. The molecule has 0 saturated carbocycles. The Balaban J connectivity index is 1.64. The average Bonchev–Trinajstić information content (AvgIpc) is 3.18.